The Bertz CT molecular complexity index is 815. The number of hydrogen-bond acceptors (Lipinski definition) is 4. The smallest absolute Gasteiger partial charge is 0.305 e. The van der Waals surface area contributed by atoms with Crippen molar-refractivity contribution in [2.24, 2.45) is 0 Å². The summed E-state index contributed by atoms with van der Waals surface area (Å²) < 4.78 is 32.1. The van der Waals surface area contributed by atoms with E-state index in [-0.39, 0.29) is 17.9 Å². The highest BCUT2D eigenvalue weighted by Gasteiger charge is 2.25. The fourth-order valence-corrected chi connectivity index (χ4v) is 3.65. The van der Waals surface area contributed by atoms with E-state index in [0.717, 1.165) is 9.87 Å². The Labute approximate surface area is 141 Å². The first-order valence-corrected chi connectivity index (χ1v) is 8.74. The van der Waals surface area contributed by atoms with E-state index < -0.39 is 16.0 Å². The topological polar surface area (TPSA) is 83.9 Å². The van der Waals surface area contributed by atoms with Gasteiger partial charge in [0.25, 0.3) is 10.0 Å². The van der Waals surface area contributed by atoms with E-state index >= 15 is 0 Å². The fraction of sp³-hybridized carbons (Fsp3) is 0.235. The van der Waals surface area contributed by atoms with Crippen LogP contribution in [0.25, 0.3) is 0 Å². The van der Waals surface area contributed by atoms with Crippen molar-refractivity contribution in [3.8, 4) is 5.75 Å². The predicted octanol–water partition coefficient (Wildman–Crippen LogP) is 2.67. The molecule has 0 aliphatic rings. The normalized spacial score (nSPS) is 11.1. The number of carboxylic acid groups (broad SMARTS) is 1. The third-order valence-electron chi connectivity index (χ3n) is 3.48. The molecule has 0 aliphatic heterocycles. The molecule has 7 heteroatoms. The molecule has 2 aromatic rings. The molecule has 0 spiro atoms. The summed E-state index contributed by atoms with van der Waals surface area (Å²) in [6.07, 6.45) is -0.303. The van der Waals surface area contributed by atoms with E-state index in [9.17, 15) is 13.2 Å². The first-order valence-electron chi connectivity index (χ1n) is 7.30. The standard InChI is InChI=1S/C17H19NO5S/c1-13-6-8-16(9-7-13)24(21,22)18(11-10-17(19)20)14-4-3-5-15(12-14)23-2/h3-9,12H,10-11H2,1-2H3,(H,19,20). The molecule has 0 bridgehead atoms. The van der Waals surface area contributed by atoms with Gasteiger partial charge in [-0.25, -0.2) is 8.42 Å². The lowest BCUT2D eigenvalue weighted by molar-refractivity contribution is -0.136. The van der Waals surface area contributed by atoms with Gasteiger partial charge in [-0.05, 0) is 31.2 Å². The minimum absolute atomic E-state index is 0.112. The maximum atomic E-state index is 12.9. The van der Waals surface area contributed by atoms with Crippen molar-refractivity contribution in [1.82, 2.24) is 0 Å². The molecule has 24 heavy (non-hydrogen) atoms. The molecule has 2 aromatic carbocycles. The van der Waals surface area contributed by atoms with Crippen molar-refractivity contribution in [3.05, 3.63) is 54.1 Å². The maximum absolute atomic E-state index is 12.9. The van der Waals surface area contributed by atoms with Crippen LogP contribution in [0.2, 0.25) is 0 Å². The van der Waals surface area contributed by atoms with Crippen molar-refractivity contribution in [1.29, 1.82) is 0 Å². The monoisotopic (exact) mass is 349 g/mol. The second-order valence-corrected chi connectivity index (χ2v) is 7.10. The molecule has 0 aromatic heterocycles. The highest BCUT2D eigenvalue weighted by atomic mass is 32.2. The summed E-state index contributed by atoms with van der Waals surface area (Å²) in [7, 11) is -2.40. The summed E-state index contributed by atoms with van der Waals surface area (Å²) in [5.41, 5.74) is 1.29. The zero-order valence-corrected chi connectivity index (χ0v) is 14.3. The van der Waals surface area contributed by atoms with Crippen LogP contribution in [0, 0.1) is 6.92 Å². The van der Waals surface area contributed by atoms with Crippen LogP contribution < -0.4 is 9.04 Å². The average Bonchev–Trinajstić information content (AvgIpc) is 2.55. The number of sulfonamides is 1. The van der Waals surface area contributed by atoms with Crippen molar-refractivity contribution in [2.75, 3.05) is 18.0 Å². The van der Waals surface area contributed by atoms with Crippen LogP contribution in [0.4, 0.5) is 5.69 Å². The van der Waals surface area contributed by atoms with E-state index in [1.165, 1.54) is 19.2 Å². The Morgan fingerprint density at radius 1 is 1.17 bits per heavy atom. The van der Waals surface area contributed by atoms with Crippen LogP contribution >= 0.6 is 0 Å². The van der Waals surface area contributed by atoms with Crippen molar-refractivity contribution in [3.63, 3.8) is 0 Å². The number of aryl methyl sites for hydroxylation is 1. The summed E-state index contributed by atoms with van der Waals surface area (Å²) in [5.74, 6) is -0.575. The van der Waals surface area contributed by atoms with Gasteiger partial charge in [0.15, 0.2) is 0 Å². The van der Waals surface area contributed by atoms with Crippen molar-refractivity contribution in [2.45, 2.75) is 18.2 Å². The Morgan fingerprint density at radius 2 is 1.83 bits per heavy atom. The second-order valence-electron chi connectivity index (χ2n) is 5.24. The average molecular weight is 349 g/mol. The van der Waals surface area contributed by atoms with E-state index in [1.54, 1.807) is 36.4 Å². The zero-order chi connectivity index (χ0) is 17.7. The summed E-state index contributed by atoms with van der Waals surface area (Å²) in [5, 5.41) is 8.94. The highest BCUT2D eigenvalue weighted by Crippen LogP contribution is 2.27. The minimum Gasteiger partial charge on any atom is -0.497 e. The highest BCUT2D eigenvalue weighted by molar-refractivity contribution is 7.92. The van der Waals surface area contributed by atoms with E-state index in [0.29, 0.717) is 11.4 Å². The summed E-state index contributed by atoms with van der Waals surface area (Å²) >= 11 is 0. The third-order valence-corrected chi connectivity index (χ3v) is 5.32. The minimum atomic E-state index is -3.88. The molecule has 0 saturated heterocycles. The van der Waals surface area contributed by atoms with Crippen LogP contribution in [0.1, 0.15) is 12.0 Å². The molecule has 6 nitrogen and oxygen atoms in total. The molecule has 0 radical (unpaired) electrons. The Kier molecular flexibility index (Phi) is 5.46. The van der Waals surface area contributed by atoms with Gasteiger partial charge in [0.2, 0.25) is 0 Å². The molecular weight excluding hydrogens is 330 g/mol. The van der Waals surface area contributed by atoms with Crippen molar-refractivity contribution < 1.29 is 23.1 Å². The van der Waals surface area contributed by atoms with Crippen LogP contribution in [0.15, 0.2) is 53.4 Å². The molecule has 0 atom stereocenters. The first kappa shape index (κ1) is 17.8. The Morgan fingerprint density at radius 3 is 2.42 bits per heavy atom. The Balaban J connectivity index is 2.48. The number of rotatable bonds is 7. The lowest BCUT2D eigenvalue weighted by atomic mass is 10.2. The molecule has 2 rings (SSSR count). The first-order chi connectivity index (χ1) is 11.3. The van der Waals surface area contributed by atoms with Gasteiger partial charge in [0.05, 0.1) is 24.1 Å². The molecular formula is C17H19NO5S. The molecule has 0 aliphatic carbocycles. The predicted molar refractivity (Wildman–Crippen MR) is 91.0 cm³/mol. The van der Waals surface area contributed by atoms with E-state index in [2.05, 4.69) is 0 Å². The lowest BCUT2D eigenvalue weighted by Gasteiger charge is -2.24. The zero-order valence-electron chi connectivity index (χ0n) is 13.5. The molecule has 0 fully saturated rings. The quantitative estimate of drug-likeness (QED) is 0.831. The van der Waals surface area contributed by atoms with Gasteiger partial charge in [-0.1, -0.05) is 23.8 Å². The second kappa shape index (κ2) is 7.35. The number of anilines is 1. The van der Waals surface area contributed by atoms with Gasteiger partial charge in [-0.2, -0.15) is 0 Å². The summed E-state index contributed by atoms with van der Waals surface area (Å²) in [6.45, 7) is 1.69. The maximum Gasteiger partial charge on any atom is 0.305 e. The fourth-order valence-electron chi connectivity index (χ4n) is 2.19. The largest absolute Gasteiger partial charge is 0.497 e. The van der Waals surface area contributed by atoms with Gasteiger partial charge in [0.1, 0.15) is 5.75 Å². The number of ether oxygens (including phenoxy) is 1. The van der Waals surface area contributed by atoms with Gasteiger partial charge in [-0.15, -0.1) is 0 Å². The molecule has 0 heterocycles. The van der Waals surface area contributed by atoms with Crippen LogP contribution in [-0.2, 0) is 14.8 Å². The lowest BCUT2D eigenvalue weighted by Crippen LogP contribution is -2.33. The number of hydrogen-bond donors (Lipinski definition) is 1. The number of carbonyl (C=O) groups is 1. The third kappa shape index (κ3) is 4.05. The van der Waals surface area contributed by atoms with Gasteiger partial charge < -0.3 is 9.84 Å². The Hall–Kier alpha value is -2.54. The van der Waals surface area contributed by atoms with Gasteiger partial charge in [0, 0.05) is 12.6 Å². The summed E-state index contributed by atoms with van der Waals surface area (Å²) in [6, 6.07) is 13.0. The molecule has 0 amide bonds. The number of methoxy groups -OCH3 is 1. The SMILES string of the molecule is COc1cccc(N(CCC(=O)O)S(=O)(=O)c2ccc(C)cc2)c1. The molecule has 0 saturated carbocycles. The summed E-state index contributed by atoms with van der Waals surface area (Å²) in [4.78, 5) is 11.0. The van der Waals surface area contributed by atoms with Gasteiger partial charge >= 0.3 is 5.97 Å². The number of benzene rings is 2. The van der Waals surface area contributed by atoms with Gasteiger partial charge in [-0.3, -0.25) is 9.10 Å². The molecule has 1 N–H and O–H groups in total. The molecule has 0 unspecified atom stereocenters. The van der Waals surface area contributed by atoms with Crippen molar-refractivity contribution >= 4 is 21.7 Å². The number of aliphatic carboxylic acids is 1. The van der Waals surface area contributed by atoms with Crippen LogP contribution in [0.3, 0.4) is 0 Å². The van der Waals surface area contributed by atoms with E-state index in [1.807, 2.05) is 6.92 Å². The van der Waals surface area contributed by atoms with Crippen LogP contribution in [-0.4, -0.2) is 33.1 Å². The van der Waals surface area contributed by atoms with E-state index in [4.69, 9.17) is 9.84 Å². The van der Waals surface area contributed by atoms with Crippen LogP contribution in [0.5, 0.6) is 5.75 Å². The number of nitrogens with zero attached hydrogens (tertiary/aromatic N) is 1. The number of carboxylic acids is 1. The molecule has 128 valence electrons.